The summed E-state index contributed by atoms with van der Waals surface area (Å²) in [5, 5.41) is 35.2. The van der Waals surface area contributed by atoms with Crippen LogP contribution >= 0.6 is 23.2 Å². The lowest BCUT2D eigenvalue weighted by Gasteiger charge is -2.10. The van der Waals surface area contributed by atoms with Crippen molar-refractivity contribution in [2.75, 3.05) is 5.73 Å². The normalized spacial score (nSPS) is 11.0. The SMILES string of the molecule is Cc1c(Cl)c(C)[n+]([O-])c(Cl)c1-c1noc(-c2cc(N)c(O)c(O)c2)n1. The van der Waals surface area contributed by atoms with Crippen molar-refractivity contribution in [3.05, 3.63) is 38.8 Å². The average Bonchev–Trinajstić information content (AvgIpc) is 3.05. The Hall–Kier alpha value is -2.71. The lowest BCUT2D eigenvalue weighted by atomic mass is 10.1. The van der Waals surface area contributed by atoms with Gasteiger partial charge in [0.2, 0.25) is 11.5 Å². The summed E-state index contributed by atoms with van der Waals surface area (Å²) in [7, 11) is 0. The quantitative estimate of drug-likeness (QED) is 0.204. The molecular formula is C15H12Cl2N4O4. The summed E-state index contributed by atoms with van der Waals surface area (Å²) >= 11 is 12.3. The number of aromatic nitrogens is 3. The summed E-state index contributed by atoms with van der Waals surface area (Å²) < 4.78 is 5.63. The largest absolute Gasteiger partial charge is 0.617 e. The first-order chi connectivity index (χ1) is 11.7. The second kappa shape index (κ2) is 5.98. The third-order valence-electron chi connectivity index (χ3n) is 3.73. The van der Waals surface area contributed by atoms with E-state index in [-0.39, 0.29) is 44.4 Å². The molecular weight excluding hydrogens is 371 g/mol. The van der Waals surface area contributed by atoms with E-state index in [9.17, 15) is 15.4 Å². The van der Waals surface area contributed by atoms with E-state index in [0.29, 0.717) is 10.3 Å². The second-order valence-electron chi connectivity index (χ2n) is 5.34. The van der Waals surface area contributed by atoms with E-state index >= 15 is 0 Å². The Bertz CT molecular complexity index is 951. The van der Waals surface area contributed by atoms with Crippen molar-refractivity contribution in [1.29, 1.82) is 0 Å². The number of anilines is 1. The minimum atomic E-state index is -0.444. The van der Waals surface area contributed by atoms with E-state index in [2.05, 4.69) is 10.1 Å². The molecule has 0 aliphatic rings. The predicted octanol–water partition coefficient (Wildman–Crippen LogP) is 2.95. The molecule has 0 bridgehead atoms. The number of benzene rings is 1. The van der Waals surface area contributed by atoms with Crippen LogP contribution in [0.3, 0.4) is 0 Å². The second-order valence-corrected chi connectivity index (χ2v) is 6.08. The summed E-state index contributed by atoms with van der Waals surface area (Å²) in [4.78, 5) is 4.17. The van der Waals surface area contributed by atoms with Gasteiger partial charge in [0, 0.05) is 12.5 Å². The molecule has 0 amide bonds. The Morgan fingerprint density at radius 1 is 1.24 bits per heavy atom. The first-order valence-electron chi connectivity index (χ1n) is 6.96. The predicted molar refractivity (Wildman–Crippen MR) is 91.4 cm³/mol. The molecule has 2 heterocycles. The maximum Gasteiger partial charge on any atom is 0.298 e. The number of nitrogens with two attached hydrogens (primary N) is 1. The van der Waals surface area contributed by atoms with Crippen LogP contribution in [0.2, 0.25) is 10.2 Å². The van der Waals surface area contributed by atoms with Crippen LogP contribution in [0.25, 0.3) is 22.8 Å². The van der Waals surface area contributed by atoms with Crippen molar-refractivity contribution in [3.8, 4) is 34.3 Å². The molecule has 25 heavy (non-hydrogen) atoms. The molecule has 2 aromatic heterocycles. The topological polar surface area (TPSA) is 132 Å². The molecule has 1 aromatic carbocycles. The molecule has 0 unspecified atom stereocenters. The van der Waals surface area contributed by atoms with Crippen molar-refractivity contribution in [3.63, 3.8) is 0 Å². The first kappa shape index (κ1) is 17.1. The highest BCUT2D eigenvalue weighted by molar-refractivity contribution is 6.34. The van der Waals surface area contributed by atoms with Crippen LogP contribution in [0.4, 0.5) is 5.69 Å². The number of aromatic hydroxyl groups is 2. The van der Waals surface area contributed by atoms with E-state index in [1.165, 1.54) is 12.1 Å². The molecule has 0 aliphatic heterocycles. The van der Waals surface area contributed by atoms with Crippen molar-refractivity contribution in [2.24, 2.45) is 0 Å². The zero-order chi connectivity index (χ0) is 18.5. The summed E-state index contributed by atoms with van der Waals surface area (Å²) in [6, 6.07) is 2.57. The van der Waals surface area contributed by atoms with Crippen molar-refractivity contribution >= 4 is 28.9 Å². The highest BCUT2D eigenvalue weighted by atomic mass is 35.5. The standard InChI is InChI=1S/C15H12Cl2N4O4/c1-5-10(13(17)21(24)6(2)11(5)16)14-19-15(25-20-14)7-3-8(18)12(23)9(22)4-7/h3-4,22-23H,18H2,1-2H3. The highest BCUT2D eigenvalue weighted by Crippen LogP contribution is 2.37. The Balaban J connectivity index is 2.15. The smallest absolute Gasteiger partial charge is 0.298 e. The van der Waals surface area contributed by atoms with Gasteiger partial charge in [-0.2, -0.15) is 9.71 Å². The number of nitrogen functional groups attached to an aromatic ring is 1. The third kappa shape index (κ3) is 2.69. The fourth-order valence-corrected chi connectivity index (χ4v) is 2.86. The average molecular weight is 383 g/mol. The molecule has 0 saturated carbocycles. The monoisotopic (exact) mass is 382 g/mol. The van der Waals surface area contributed by atoms with E-state index < -0.39 is 11.5 Å². The fraction of sp³-hybridized carbons (Fsp3) is 0.133. The lowest BCUT2D eigenvalue weighted by molar-refractivity contribution is -0.609. The minimum absolute atomic E-state index is 0.0154. The Morgan fingerprint density at radius 2 is 1.92 bits per heavy atom. The van der Waals surface area contributed by atoms with Crippen LogP contribution in [-0.2, 0) is 0 Å². The van der Waals surface area contributed by atoms with Crippen LogP contribution in [0, 0.1) is 19.1 Å². The zero-order valence-electron chi connectivity index (χ0n) is 13.0. The molecule has 3 aromatic rings. The Kier molecular flexibility index (Phi) is 4.09. The molecule has 4 N–H and O–H groups in total. The molecule has 0 radical (unpaired) electrons. The highest BCUT2D eigenvalue weighted by Gasteiger charge is 2.26. The van der Waals surface area contributed by atoms with Crippen LogP contribution in [0.5, 0.6) is 11.5 Å². The van der Waals surface area contributed by atoms with Crippen LogP contribution in [0.15, 0.2) is 16.7 Å². The van der Waals surface area contributed by atoms with E-state index in [4.69, 9.17) is 33.5 Å². The van der Waals surface area contributed by atoms with Gasteiger partial charge in [0.1, 0.15) is 10.6 Å². The summed E-state index contributed by atoms with van der Waals surface area (Å²) in [5.74, 6) is -0.809. The van der Waals surface area contributed by atoms with Crippen molar-refractivity contribution in [2.45, 2.75) is 13.8 Å². The molecule has 0 spiro atoms. The summed E-state index contributed by atoms with van der Waals surface area (Å²) in [6.45, 7) is 3.22. The van der Waals surface area contributed by atoms with Gasteiger partial charge in [-0.05, 0) is 36.2 Å². The van der Waals surface area contributed by atoms with Gasteiger partial charge in [-0.3, -0.25) is 0 Å². The number of hydrogen-bond acceptors (Lipinski definition) is 7. The third-order valence-corrected chi connectivity index (χ3v) is 4.63. The maximum absolute atomic E-state index is 12.1. The van der Waals surface area contributed by atoms with Gasteiger partial charge in [-0.1, -0.05) is 16.8 Å². The molecule has 10 heteroatoms. The molecule has 0 aliphatic carbocycles. The number of nitrogens with zero attached hydrogens (tertiary/aromatic N) is 3. The van der Waals surface area contributed by atoms with Gasteiger partial charge in [0.15, 0.2) is 11.5 Å². The first-order valence-corrected chi connectivity index (χ1v) is 7.71. The Labute approximate surface area is 151 Å². The van der Waals surface area contributed by atoms with Gasteiger partial charge in [0.25, 0.3) is 11.0 Å². The molecule has 0 fully saturated rings. The van der Waals surface area contributed by atoms with Crippen molar-refractivity contribution < 1.29 is 19.5 Å². The molecule has 0 saturated heterocycles. The van der Waals surface area contributed by atoms with Crippen LogP contribution < -0.4 is 10.5 Å². The minimum Gasteiger partial charge on any atom is -0.617 e. The van der Waals surface area contributed by atoms with Gasteiger partial charge in [0.05, 0.1) is 5.69 Å². The van der Waals surface area contributed by atoms with Crippen molar-refractivity contribution in [1.82, 2.24) is 10.1 Å². The Morgan fingerprint density at radius 3 is 2.56 bits per heavy atom. The van der Waals surface area contributed by atoms with Crippen LogP contribution in [0.1, 0.15) is 11.3 Å². The lowest BCUT2D eigenvalue weighted by Crippen LogP contribution is -2.33. The fourth-order valence-electron chi connectivity index (χ4n) is 2.34. The number of phenolic OH excluding ortho intramolecular Hbond substituents is 2. The molecule has 130 valence electrons. The van der Waals surface area contributed by atoms with Gasteiger partial charge >= 0.3 is 0 Å². The number of hydrogen-bond donors (Lipinski definition) is 3. The van der Waals surface area contributed by atoms with Gasteiger partial charge in [-0.15, -0.1) is 0 Å². The molecule has 8 nitrogen and oxygen atoms in total. The molecule has 0 atom stereocenters. The van der Waals surface area contributed by atoms with E-state index in [1.54, 1.807) is 13.8 Å². The maximum atomic E-state index is 12.1. The van der Waals surface area contributed by atoms with E-state index in [1.807, 2.05) is 0 Å². The number of halogens is 2. The summed E-state index contributed by atoms with van der Waals surface area (Å²) in [6.07, 6.45) is 0. The van der Waals surface area contributed by atoms with Gasteiger partial charge < -0.3 is 25.7 Å². The number of phenols is 2. The van der Waals surface area contributed by atoms with Gasteiger partial charge in [-0.25, -0.2) is 0 Å². The van der Waals surface area contributed by atoms with E-state index in [0.717, 1.165) is 0 Å². The number of pyridine rings is 1. The van der Waals surface area contributed by atoms with Crippen LogP contribution in [-0.4, -0.2) is 20.4 Å². The molecule has 3 rings (SSSR count). The zero-order valence-corrected chi connectivity index (χ0v) is 14.6. The summed E-state index contributed by atoms with van der Waals surface area (Å²) in [5.41, 5.74) is 6.84. The number of rotatable bonds is 2.